The Morgan fingerprint density at radius 2 is 1.89 bits per heavy atom. The molecule has 1 aromatic carbocycles. The highest BCUT2D eigenvalue weighted by molar-refractivity contribution is 5.80. The van der Waals surface area contributed by atoms with Gasteiger partial charge in [-0.15, -0.1) is 0 Å². The van der Waals surface area contributed by atoms with Crippen LogP contribution in [-0.2, 0) is 11.7 Å². The highest BCUT2D eigenvalue weighted by atomic mass is 19.4. The molecule has 0 saturated carbocycles. The van der Waals surface area contributed by atoms with E-state index < -0.39 is 17.5 Å². The number of nitrogens with two attached hydrogens (primary N) is 1. The van der Waals surface area contributed by atoms with E-state index in [1.165, 1.54) is 10.6 Å². The standard InChI is InChI=1S/C13H16F3N3/c1-4-12(2,3)19-10-6-5-8(17)7-9(10)18-11(19)13(14,15)16/h5-7H,4,17H2,1-3H3. The Morgan fingerprint density at radius 1 is 1.26 bits per heavy atom. The summed E-state index contributed by atoms with van der Waals surface area (Å²) in [5, 5.41) is 0. The van der Waals surface area contributed by atoms with E-state index in [0.29, 0.717) is 17.6 Å². The van der Waals surface area contributed by atoms with E-state index in [9.17, 15) is 13.2 Å². The number of imidazole rings is 1. The summed E-state index contributed by atoms with van der Waals surface area (Å²) in [4.78, 5) is 3.72. The van der Waals surface area contributed by atoms with Gasteiger partial charge in [0.15, 0.2) is 0 Å². The molecule has 2 rings (SSSR count). The first-order chi connectivity index (χ1) is 8.66. The lowest BCUT2D eigenvalue weighted by Crippen LogP contribution is -2.30. The van der Waals surface area contributed by atoms with Crippen molar-refractivity contribution in [3.8, 4) is 0 Å². The number of aromatic nitrogens is 2. The lowest BCUT2D eigenvalue weighted by atomic mass is 10.0. The normalized spacial score (nSPS) is 13.2. The third kappa shape index (κ3) is 2.27. The minimum atomic E-state index is -4.49. The second-order valence-corrected chi connectivity index (χ2v) is 5.18. The predicted molar refractivity (Wildman–Crippen MR) is 68.8 cm³/mol. The van der Waals surface area contributed by atoms with Crippen LogP contribution in [0, 0.1) is 0 Å². The van der Waals surface area contributed by atoms with Gasteiger partial charge >= 0.3 is 6.18 Å². The zero-order valence-electron chi connectivity index (χ0n) is 11.0. The number of hydrogen-bond donors (Lipinski definition) is 1. The average Bonchev–Trinajstić information content (AvgIpc) is 2.67. The highest BCUT2D eigenvalue weighted by Gasteiger charge is 2.40. The minimum Gasteiger partial charge on any atom is -0.399 e. The summed E-state index contributed by atoms with van der Waals surface area (Å²) in [5.74, 6) is -0.875. The van der Waals surface area contributed by atoms with E-state index in [1.807, 2.05) is 6.92 Å². The monoisotopic (exact) mass is 271 g/mol. The molecule has 0 radical (unpaired) electrons. The van der Waals surface area contributed by atoms with Crippen LogP contribution in [-0.4, -0.2) is 9.55 Å². The Labute approximate surface area is 109 Å². The van der Waals surface area contributed by atoms with Crippen molar-refractivity contribution in [1.29, 1.82) is 0 Å². The summed E-state index contributed by atoms with van der Waals surface area (Å²) < 4.78 is 40.7. The largest absolute Gasteiger partial charge is 0.449 e. The van der Waals surface area contributed by atoms with Crippen molar-refractivity contribution in [3.63, 3.8) is 0 Å². The van der Waals surface area contributed by atoms with Crippen LogP contribution in [0.3, 0.4) is 0 Å². The van der Waals surface area contributed by atoms with Crippen LogP contribution in [0.5, 0.6) is 0 Å². The first-order valence-electron chi connectivity index (χ1n) is 6.02. The first-order valence-corrected chi connectivity index (χ1v) is 6.02. The van der Waals surface area contributed by atoms with Crippen LogP contribution in [0.25, 0.3) is 11.0 Å². The van der Waals surface area contributed by atoms with Crippen LogP contribution in [0.15, 0.2) is 18.2 Å². The lowest BCUT2D eigenvalue weighted by molar-refractivity contribution is -0.148. The van der Waals surface area contributed by atoms with Crippen LogP contribution in [0.1, 0.15) is 33.0 Å². The minimum absolute atomic E-state index is 0.272. The van der Waals surface area contributed by atoms with Crippen molar-refractivity contribution in [3.05, 3.63) is 24.0 Å². The van der Waals surface area contributed by atoms with Gasteiger partial charge < -0.3 is 10.3 Å². The molecule has 0 amide bonds. The fourth-order valence-corrected chi connectivity index (χ4v) is 2.06. The Morgan fingerprint density at radius 3 is 2.42 bits per heavy atom. The molecule has 1 aromatic heterocycles. The van der Waals surface area contributed by atoms with Crippen LogP contribution >= 0.6 is 0 Å². The summed E-state index contributed by atoms with van der Waals surface area (Å²) in [6.45, 7) is 5.38. The molecule has 0 saturated heterocycles. The van der Waals surface area contributed by atoms with E-state index in [2.05, 4.69) is 4.98 Å². The average molecular weight is 271 g/mol. The van der Waals surface area contributed by atoms with E-state index in [1.54, 1.807) is 26.0 Å². The smallest absolute Gasteiger partial charge is 0.399 e. The number of benzene rings is 1. The maximum absolute atomic E-state index is 13.1. The number of fused-ring (bicyclic) bond motifs is 1. The Bertz CT molecular complexity index is 611. The molecule has 0 atom stereocenters. The molecule has 0 fully saturated rings. The van der Waals surface area contributed by atoms with Crippen LogP contribution < -0.4 is 5.73 Å². The summed E-state index contributed by atoms with van der Waals surface area (Å²) in [6.07, 6.45) is -3.92. The molecule has 3 nitrogen and oxygen atoms in total. The molecule has 2 N–H and O–H groups in total. The van der Waals surface area contributed by atoms with Gasteiger partial charge in [0.1, 0.15) is 0 Å². The maximum Gasteiger partial charge on any atom is 0.449 e. The van der Waals surface area contributed by atoms with Gasteiger partial charge in [-0.3, -0.25) is 0 Å². The second-order valence-electron chi connectivity index (χ2n) is 5.18. The molecule has 0 aliphatic heterocycles. The number of rotatable bonds is 2. The van der Waals surface area contributed by atoms with Crippen molar-refractivity contribution in [2.24, 2.45) is 0 Å². The molecule has 104 valence electrons. The van der Waals surface area contributed by atoms with E-state index in [0.717, 1.165) is 0 Å². The number of nitrogens with zero attached hydrogens (tertiary/aromatic N) is 2. The molecular formula is C13H16F3N3. The predicted octanol–water partition coefficient (Wildman–Crippen LogP) is 3.78. The van der Waals surface area contributed by atoms with Gasteiger partial charge in [0.25, 0.3) is 0 Å². The van der Waals surface area contributed by atoms with Gasteiger partial charge in [0.05, 0.1) is 11.0 Å². The molecule has 0 unspecified atom stereocenters. The fraction of sp³-hybridized carbons (Fsp3) is 0.462. The lowest BCUT2D eigenvalue weighted by Gasteiger charge is -2.28. The zero-order valence-corrected chi connectivity index (χ0v) is 11.0. The molecule has 0 bridgehead atoms. The Kier molecular flexibility index (Phi) is 2.99. The van der Waals surface area contributed by atoms with Gasteiger partial charge in [-0.05, 0) is 38.5 Å². The number of anilines is 1. The first kappa shape index (κ1) is 13.7. The Hall–Kier alpha value is -1.72. The van der Waals surface area contributed by atoms with Gasteiger partial charge in [0.2, 0.25) is 5.82 Å². The van der Waals surface area contributed by atoms with Crippen molar-refractivity contribution < 1.29 is 13.2 Å². The number of nitrogen functional groups attached to an aromatic ring is 1. The highest BCUT2D eigenvalue weighted by Crippen LogP contribution is 2.37. The molecule has 1 heterocycles. The molecule has 0 aliphatic rings. The molecule has 19 heavy (non-hydrogen) atoms. The van der Waals surface area contributed by atoms with Crippen LogP contribution in [0.2, 0.25) is 0 Å². The van der Waals surface area contributed by atoms with Crippen LogP contribution in [0.4, 0.5) is 18.9 Å². The fourth-order valence-electron chi connectivity index (χ4n) is 2.06. The van der Waals surface area contributed by atoms with Gasteiger partial charge in [0, 0.05) is 11.2 Å². The quantitative estimate of drug-likeness (QED) is 0.845. The number of hydrogen-bond acceptors (Lipinski definition) is 2. The van der Waals surface area contributed by atoms with Crippen molar-refractivity contribution in [1.82, 2.24) is 9.55 Å². The van der Waals surface area contributed by atoms with Crippen molar-refractivity contribution in [2.45, 2.75) is 38.9 Å². The SMILES string of the molecule is CCC(C)(C)n1c(C(F)(F)F)nc2cc(N)ccc21. The maximum atomic E-state index is 13.1. The third-order valence-electron chi connectivity index (χ3n) is 3.40. The van der Waals surface area contributed by atoms with E-state index in [-0.39, 0.29) is 5.52 Å². The molecule has 0 aliphatic carbocycles. The summed E-state index contributed by atoms with van der Waals surface area (Å²) in [7, 11) is 0. The molecule has 6 heteroatoms. The molecule has 2 aromatic rings. The van der Waals surface area contributed by atoms with Crippen molar-refractivity contribution >= 4 is 16.7 Å². The topological polar surface area (TPSA) is 43.8 Å². The molecular weight excluding hydrogens is 255 g/mol. The number of halogens is 3. The third-order valence-corrected chi connectivity index (χ3v) is 3.40. The summed E-state index contributed by atoms with van der Waals surface area (Å²) >= 11 is 0. The van der Waals surface area contributed by atoms with Gasteiger partial charge in [-0.2, -0.15) is 13.2 Å². The number of alkyl halides is 3. The molecule has 0 spiro atoms. The summed E-state index contributed by atoms with van der Waals surface area (Å²) in [6, 6.07) is 4.64. The van der Waals surface area contributed by atoms with Crippen molar-refractivity contribution in [2.75, 3.05) is 5.73 Å². The second kappa shape index (κ2) is 4.15. The summed E-state index contributed by atoms with van der Waals surface area (Å²) in [5.41, 5.74) is 6.06. The Balaban J connectivity index is 2.84. The van der Waals surface area contributed by atoms with E-state index in [4.69, 9.17) is 5.73 Å². The van der Waals surface area contributed by atoms with Gasteiger partial charge in [-0.25, -0.2) is 4.98 Å². The van der Waals surface area contributed by atoms with E-state index >= 15 is 0 Å². The van der Waals surface area contributed by atoms with Gasteiger partial charge in [-0.1, -0.05) is 6.92 Å². The zero-order chi connectivity index (χ0) is 14.4.